The van der Waals surface area contributed by atoms with Gasteiger partial charge in [0.05, 0.1) is 12.7 Å². The summed E-state index contributed by atoms with van der Waals surface area (Å²) in [5, 5.41) is 60.2. The third-order valence-electron chi connectivity index (χ3n) is 10.4. The maximum absolute atomic E-state index is 12.8. The number of hydrogen-bond acceptors (Lipinski definition) is 13. The molecule has 1 fully saturated rings. The van der Waals surface area contributed by atoms with Crippen molar-refractivity contribution in [2.24, 2.45) is 0 Å². The number of carbonyl (C=O) groups excluding carboxylic acids is 2. The Hall–Kier alpha value is -2.49. The molecule has 0 saturated heterocycles. The van der Waals surface area contributed by atoms with Crippen LogP contribution < -0.4 is 0 Å². The number of phosphoric ester groups is 1. The van der Waals surface area contributed by atoms with Crippen LogP contribution in [0.2, 0.25) is 0 Å². The summed E-state index contributed by atoms with van der Waals surface area (Å²) >= 11 is 0. The van der Waals surface area contributed by atoms with Crippen molar-refractivity contribution >= 4 is 19.8 Å². The largest absolute Gasteiger partial charge is 0.472 e. The topological polar surface area (TPSA) is 230 Å². The summed E-state index contributed by atoms with van der Waals surface area (Å²) in [4.78, 5) is 35.7. The molecule has 1 saturated carbocycles. The van der Waals surface area contributed by atoms with Gasteiger partial charge >= 0.3 is 19.8 Å². The zero-order valence-electron chi connectivity index (χ0n) is 37.5. The van der Waals surface area contributed by atoms with Crippen molar-refractivity contribution in [3.63, 3.8) is 0 Å². The van der Waals surface area contributed by atoms with Crippen LogP contribution >= 0.6 is 7.82 Å². The van der Waals surface area contributed by atoms with E-state index in [0.29, 0.717) is 32.1 Å². The minimum Gasteiger partial charge on any atom is -0.462 e. The SMILES string of the molecule is CCCCC/C=C\C=C/[C@H](O)C/C=C\C/C=C/CCCC(=O)O[C@H](COC(=O)CCCCCCCCC/C=C\CCCCCC)COP(=O)(O)OC1[C@H](O)[C@H](O)C(O)[C@H](O)[C@H]1O. The lowest BCUT2D eigenvalue weighted by Gasteiger charge is -2.41. The summed E-state index contributed by atoms with van der Waals surface area (Å²) in [5.41, 5.74) is 0. The minimum absolute atomic E-state index is 0.0160. The molecular formula is C47H81O14P. The normalized spacial score (nSPS) is 22.9. The van der Waals surface area contributed by atoms with Crippen LogP contribution in [0, 0.1) is 0 Å². The standard InChI is InChI=1S/C47H81O14P/c1-3-5-7-9-11-12-13-14-15-16-17-18-22-26-30-34-40(49)58-36-39(37-59-62(56,57)61-47-45(54)43(52)42(51)44(53)46(47)55)60-41(50)35-31-27-23-19-21-25-29-33-38(48)32-28-24-20-10-8-6-4-2/h12-13,19-20,23-25,28-29,32,38-39,42-48,51-55H,3-11,14-18,21-22,26-27,30-31,33-37H2,1-2H3,(H,56,57)/b13-12-,23-19+,24-20-,29-25-,32-28-/t38-,39+,42?,43-,44+,45+,46+,47?/m0/s1. The summed E-state index contributed by atoms with van der Waals surface area (Å²) in [6, 6.07) is 0. The van der Waals surface area contributed by atoms with Crippen LogP contribution in [-0.2, 0) is 32.7 Å². The molecule has 0 aromatic rings. The third-order valence-corrected chi connectivity index (χ3v) is 11.4. The van der Waals surface area contributed by atoms with Gasteiger partial charge in [-0.2, -0.15) is 0 Å². The van der Waals surface area contributed by atoms with Crippen LogP contribution in [0.4, 0.5) is 0 Å². The number of phosphoric acid groups is 1. The number of unbranched alkanes of at least 4 members (excludes halogenated alkanes) is 15. The van der Waals surface area contributed by atoms with E-state index in [1.165, 1.54) is 57.8 Å². The molecule has 1 aliphatic carbocycles. The quantitative estimate of drug-likeness (QED) is 0.0103. The van der Waals surface area contributed by atoms with Crippen LogP contribution in [0.5, 0.6) is 0 Å². The molecule has 1 aliphatic rings. The number of rotatable bonds is 37. The highest BCUT2D eigenvalue weighted by Gasteiger charge is 2.51. The summed E-state index contributed by atoms with van der Waals surface area (Å²) in [6.45, 7) is 3.13. The molecule has 62 heavy (non-hydrogen) atoms. The Bertz CT molecular complexity index is 1330. The lowest BCUT2D eigenvalue weighted by molar-refractivity contribution is -0.220. The highest BCUT2D eigenvalue weighted by Crippen LogP contribution is 2.47. The molecule has 9 atom stereocenters. The molecule has 0 aliphatic heterocycles. The second kappa shape index (κ2) is 36.8. The van der Waals surface area contributed by atoms with E-state index in [1.54, 1.807) is 6.08 Å². The third kappa shape index (κ3) is 29.1. The minimum atomic E-state index is -5.15. The molecule has 0 spiro atoms. The zero-order valence-corrected chi connectivity index (χ0v) is 38.4. The van der Waals surface area contributed by atoms with Crippen LogP contribution in [0.15, 0.2) is 60.8 Å². The maximum atomic E-state index is 12.8. The van der Waals surface area contributed by atoms with Crippen molar-refractivity contribution in [3.8, 4) is 0 Å². The van der Waals surface area contributed by atoms with E-state index < -0.39 is 81.8 Å². The van der Waals surface area contributed by atoms with Gasteiger partial charge in [-0.3, -0.25) is 18.6 Å². The van der Waals surface area contributed by atoms with Crippen LogP contribution in [0.3, 0.4) is 0 Å². The highest BCUT2D eigenvalue weighted by molar-refractivity contribution is 7.47. The van der Waals surface area contributed by atoms with Crippen molar-refractivity contribution in [2.45, 2.75) is 210 Å². The van der Waals surface area contributed by atoms with Crippen molar-refractivity contribution in [2.75, 3.05) is 13.2 Å². The van der Waals surface area contributed by atoms with Crippen molar-refractivity contribution in [3.05, 3.63) is 60.8 Å². The van der Waals surface area contributed by atoms with E-state index in [1.807, 2.05) is 36.5 Å². The van der Waals surface area contributed by atoms with Crippen LogP contribution in [0.25, 0.3) is 0 Å². The van der Waals surface area contributed by atoms with Gasteiger partial charge in [-0.25, -0.2) is 4.57 Å². The van der Waals surface area contributed by atoms with Gasteiger partial charge in [-0.05, 0) is 70.6 Å². The van der Waals surface area contributed by atoms with Gasteiger partial charge in [0.25, 0.3) is 0 Å². The Labute approximate surface area is 371 Å². The van der Waals surface area contributed by atoms with Crippen molar-refractivity contribution in [1.82, 2.24) is 0 Å². The molecule has 1 rings (SSSR count). The fraction of sp³-hybridized carbons (Fsp3) is 0.745. The van der Waals surface area contributed by atoms with E-state index in [2.05, 4.69) is 32.1 Å². The molecule has 0 aromatic heterocycles. The van der Waals surface area contributed by atoms with E-state index in [0.717, 1.165) is 44.9 Å². The van der Waals surface area contributed by atoms with E-state index in [-0.39, 0.29) is 12.8 Å². The summed E-state index contributed by atoms with van der Waals surface area (Å²) in [6.07, 6.45) is 27.2. The zero-order chi connectivity index (χ0) is 45.9. The number of aliphatic hydroxyl groups excluding tert-OH is 6. The first-order valence-electron chi connectivity index (χ1n) is 23.2. The molecule has 0 amide bonds. The maximum Gasteiger partial charge on any atom is 0.472 e. The Morgan fingerprint density at radius 3 is 1.74 bits per heavy atom. The van der Waals surface area contributed by atoms with Crippen LogP contribution in [-0.4, -0.2) is 110 Å². The molecule has 358 valence electrons. The molecule has 0 aromatic carbocycles. The first-order chi connectivity index (χ1) is 29.8. The van der Waals surface area contributed by atoms with Gasteiger partial charge in [-0.1, -0.05) is 139 Å². The molecular weight excluding hydrogens is 819 g/mol. The van der Waals surface area contributed by atoms with Gasteiger partial charge in [0.2, 0.25) is 0 Å². The monoisotopic (exact) mass is 901 g/mol. The van der Waals surface area contributed by atoms with Crippen molar-refractivity contribution in [1.29, 1.82) is 0 Å². The second-order valence-corrected chi connectivity index (χ2v) is 17.5. The second-order valence-electron chi connectivity index (χ2n) is 16.1. The molecule has 0 radical (unpaired) electrons. The fourth-order valence-electron chi connectivity index (χ4n) is 6.59. The molecule has 14 nitrogen and oxygen atoms in total. The van der Waals surface area contributed by atoms with Crippen LogP contribution in [0.1, 0.15) is 162 Å². The number of hydrogen-bond donors (Lipinski definition) is 7. The lowest BCUT2D eigenvalue weighted by atomic mass is 9.85. The van der Waals surface area contributed by atoms with Gasteiger partial charge in [0.1, 0.15) is 43.2 Å². The number of ether oxygens (including phenoxy) is 2. The summed E-state index contributed by atoms with van der Waals surface area (Å²) < 4.78 is 33.4. The first kappa shape index (κ1) is 57.5. The Balaban J connectivity index is 2.54. The highest BCUT2D eigenvalue weighted by atomic mass is 31.2. The fourth-order valence-corrected chi connectivity index (χ4v) is 7.56. The molecule has 0 bridgehead atoms. The van der Waals surface area contributed by atoms with Gasteiger partial charge in [0, 0.05) is 12.8 Å². The van der Waals surface area contributed by atoms with Crippen molar-refractivity contribution < 1.29 is 68.2 Å². The summed E-state index contributed by atoms with van der Waals surface area (Å²) in [7, 11) is -5.15. The molecule has 3 unspecified atom stereocenters. The predicted octanol–water partition coefficient (Wildman–Crippen LogP) is 7.92. The Morgan fingerprint density at radius 2 is 1.08 bits per heavy atom. The number of carbonyl (C=O) groups is 2. The van der Waals surface area contributed by atoms with E-state index in [4.69, 9.17) is 18.5 Å². The number of allylic oxidation sites excluding steroid dienone is 8. The first-order valence-corrected chi connectivity index (χ1v) is 24.7. The smallest absolute Gasteiger partial charge is 0.462 e. The van der Waals surface area contributed by atoms with Gasteiger partial charge < -0.3 is 45.0 Å². The van der Waals surface area contributed by atoms with Gasteiger partial charge in [0.15, 0.2) is 6.10 Å². The van der Waals surface area contributed by atoms with E-state index >= 15 is 0 Å². The average molecular weight is 901 g/mol. The average Bonchev–Trinajstić information content (AvgIpc) is 3.25. The predicted molar refractivity (Wildman–Crippen MR) is 241 cm³/mol. The van der Waals surface area contributed by atoms with E-state index in [9.17, 15) is 49.7 Å². The number of aliphatic hydroxyl groups is 6. The number of esters is 2. The Kier molecular flexibility index (Phi) is 34.2. The van der Waals surface area contributed by atoms with Gasteiger partial charge in [-0.15, -0.1) is 0 Å². The molecule has 0 heterocycles. The molecule has 7 N–H and O–H groups in total. The summed E-state index contributed by atoms with van der Waals surface area (Å²) in [5.74, 6) is -1.22. The lowest BCUT2D eigenvalue weighted by Crippen LogP contribution is -2.64. The Morgan fingerprint density at radius 1 is 0.581 bits per heavy atom. The molecule has 15 heteroatoms.